The second kappa shape index (κ2) is 8.21. The van der Waals surface area contributed by atoms with E-state index in [-0.39, 0.29) is 6.04 Å². The molecule has 1 atom stereocenters. The van der Waals surface area contributed by atoms with Crippen molar-refractivity contribution in [1.82, 2.24) is 9.97 Å². The van der Waals surface area contributed by atoms with E-state index in [0.717, 1.165) is 28.6 Å². The topological polar surface area (TPSA) is 102 Å². The van der Waals surface area contributed by atoms with Gasteiger partial charge < -0.3 is 20.5 Å². The molecule has 154 valence electrons. The summed E-state index contributed by atoms with van der Waals surface area (Å²) in [6.45, 7) is 1.61. The molecule has 0 amide bonds. The fourth-order valence-electron chi connectivity index (χ4n) is 2.83. The number of nitrogens with two attached hydrogens (primary N) is 1. The SMILES string of the molecule is COc1ccc2nc(N3Cc4ccccc4C(N)C3)sc2n1.O=C(O)C(F)(F)F. The zero-order valence-electron chi connectivity index (χ0n) is 15.2. The van der Waals surface area contributed by atoms with Gasteiger partial charge in [0.25, 0.3) is 0 Å². The number of methoxy groups -OCH3 is 1. The van der Waals surface area contributed by atoms with Crippen LogP contribution in [0.5, 0.6) is 5.88 Å². The molecule has 0 bridgehead atoms. The number of alkyl halides is 3. The van der Waals surface area contributed by atoms with Gasteiger partial charge >= 0.3 is 12.1 Å². The first kappa shape index (κ1) is 20.8. The molecule has 0 radical (unpaired) electrons. The third kappa shape index (κ3) is 4.74. The molecule has 3 N–H and O–H groups in total. The standard InChI is InChI=1S/C16H16N4OS.C2HF3O2/c1-21-14-7-6-13-15(19-14)22-16(18-13)20-8-10-4-2-3-5-11(10)12(17)9-20;3-2(4,5)1(6)7/h2-7,12H,8-9,17H2,1H3;(H,6,7). The van der Waals surface area contributed by atoms with E-state index < -0.39 is 12.1 Å². The number of aromatic nitrogens is 2. The van der Waals surface area contributed by atoms with E-state index >= 15 is 0 Å². The van der Waals surface area contributed by atoms with Gasteiger partial charge in [-0.1, -0.05) is 35.6 Å². The molecule has 1 aliphatic heterocycles. The Hall–Kier alpha value is -2.92. The molecule has 1 aliphatic rings. The van der Waals surface area contributed by atoms with Crippen LogP contribution in [0.4, 0.5) is 18.3 Å². The van der Waals surface area contributed by atoms with Crippen LogP contribution in [-0.4, -0.2) is 40.9 Å². The van der Waals surface area contributed by atoms with E-state index in [2.05, 4.69) is 33.1 Å². The van der Waals surface area contributed by atoms with Gasteiger partial charge in [-0.3, -0.25) is 0 Å². The zero-order chi connectivity index (χ0) is 21.2. The first-order valence-corrected chi connectivity index (χ1v) is 9.20. The van der Waals surface area contributed by atoms with Crippen LogP contribution in [0.2, 0.25) is 0 Å². The third-order valence-corrected chi connectivity index (χ3v) is 5.20. The highest BCUT2D eigenvalue weighted by atomic mass is 32.1. The Morgan fingerprint density at radius 1 is 1.28 bits per heavy atom. The number of nitrogens with zero attached hydrogens (tertiary/aromatic N) is 3. The van der Waals surface area contributed by atoms with Gasteiger partial charge in [-0.15, -0.1) is 0 Å². The summed E-state index contributed by atoms with van der Waals surface area (Å²) in [6, 6.07) is 12.1. The lowest BCUT2D eigenvalue weighted by Gasteiger charge is -2.32. The highest BCUT2D eigenvalue weighted by Crippen LogP contribution is 2.34. The quantitative estimate of drug-likeness (QED) is 0.648. The number of carboxylic acid groups (broad SMARTS) is 1. The normalized spacial score (nSPS) is 16.0. The molecular formula is C18H17F3N4O3S. The average molecular weight is 426 g/mol. The minimum atomic E-state index is -5.08. The number of ether oxygens (including phenoxy) is 1. The number of pyridine rings is 1. The van der Waals surface area contributed by atoms with Gasteiger partial charge in [-0.25, -0.2) is 14.8 Å². The molecule has 3 aromatic rings. The highest BCUT2D eigenvalue weighted by Gasteiger charge is 2.38. The predicted molar refractivity (Wildman–Crippen MR) is 102 cm³/mol. The average Bonchev–Trinajstić information content (AvgIpc) is 3.11. The molecule has 0 aliphatic carbocycles. The first-order valence-electron chi connectivity index (χ1n) is 8.39. The summed E-state index contributed by atoms with van der Waals surface area (Å²) in [5.74, 6) is -2.14. The van der Waals surface area contributed by atoms with Crippen molar-refractivity contribution < 1.29 is 27.8 Å². The molecule has 0 fully saturated rings. The second-order valence-corrected chi connectivity index (χ2v) is 7.12. The van der Waals surface area contributed by atoms with Crippen molar-refractivity contribution in [2.75, 3.05) is 18.6 Å². The summed E-state index contributed by atoms with van der Waals surface area (Å²) < 4.78 is 36.9. The summed E-state index contributed by atoms with van der Waals surface area (Å²) >= 11 is 1.58. The van der Waals surface area contributed by atoms with Gasteiger partial charge in [-0.2, -0.15) is 13.2 Å². The number of rotatable bonds is 2. The van der Waals surface area contributed by atoms with Crippen LogP contribution in [-0.2, 0) is 11.3 Å². The lowest BCUT2D eigenvalue weighted by atomic mass is 9.96. The van der Waals surface area contributed by atoms with Crippen molar-refractivity contribution in [2.24, 2.45) is 5.73 Å². The van der Waals surface area contributed by atoms with Crippen molar-refractivity contribution >= 4 is 32.8 Å². The maximum atomic E-state index is 10.6. The Morgan fingerprint density at radius 2 is 1.97 bits per heavy atom. The van der Waals surface area contributed by atoms with Gasteiger partial charge in [0.1, 0.15) is 10.3 Å². The molecule has 7 nitrogen and oxygen atoms in total. The van der Waals surface area contributed by atoms with Gasteiger partial charge in [-0.05, 0) is 17.2 Å². The van der Waals surface area contributed by atoms with E-state index in [1.807, 2.05) is 18.2 Å². The maximum absolute atomic E-state index is 10.6. The molecule has 1 aromatic carbocycles. The summed E-state index contributed by atoms with van der Waals surface area (Å²) in [7, 11) is 1.62. The second-order valence-electron chi connectivity index (χ2n) is 6.16. The van der Waals surface area contributed by atoms with Crippen LogP contribution in [0.3, 0.4) is 0 Å². The predicted octanol–water partition coefficient (Wildman–Crippen LogP) is 3.35. The number of anilines is 1. The number of fused-ring (bicyclic) bond motifs is 2. The minimum Gasteiger partial charge on any atom is -0.481 e. The van der Waals surface area contributed by atoms with E-state index in [1.54, 1.807) is 18.4 Å². The first-order chi connectivity index (χ1) is 13.7. The van der Waals surface area contributed by atoms with Crippen LogP contribution in [0, 0.1) is 0 Å². The Morgan fingerprint density at radius 3 is 2.62 bits per heavy atom. The Kier molecular flexibility index (Phi) is 5.89. The zero-order valence-corrected chi connectivity index (χ0v) is 16.0. The molecule has 2 aromatic heterocycles. The van der Waals surface area contributed by atoms with Gasteiger partial charge in [0.2, 0.25) is 5.88 Å². The number of halogens is 3. The molecule has 4 rings (SSSR count). The van der Waals surface area contributed by atoms with Gasteiger partial charge in [0.15, 0.2) is 5.13 Å². The van der Waals surface area contributed by atoms with Crippen LogP contribution < -0.4 is 15.4 Å². The number of carbonyl (C=O) groups is 1. The van der Waals surface area contributed by atoms with E-state index in [0.29, 0.717) is 5.88 Å². The molecule has 1 unspecified atom stereocenters. The van der Waals surface area contributed by atoms with Gasteiger partial charge in [0, 0.05) is 25.2 Å². The van der Waals surface area contributed by atoms with Crippen LogP contribution >= 0.6 is 11.3 Å². The van der Waals surface area contributed by atoms with Crippen molar-refractivity contribution in [1.29, 1.82) is 0 Å². The summed E-state index contributed by atoms with van der Waals surface area (Å²) in [5, 5.41) is 8.08. The Labute approximate surface area is 167 Å². The number of carboxylic acids is 1. The molecule has 3 heterocycles. The maximum Gasteiger partial charge on any atom is 0.490 e. The van der Waals surface area contributed by atoms with E-state index in [4.69, 9.17) is 20.4 Å². The largest absolute Gasteiger partial charge is 0.490 e. The van der Waals surface area contributed by atoms with Crippen LogP contribution in [0.25, 0.3) is 10.3 Å². The summed E-state index contributed by atoms with van der Waals surface area (Å²) in [4.78, 5) is 21.2. The lowest BCUT2D eigenvalue weighted by Crippen LogP contribution is -2.37. The molecular weight excluding hydrogens is 409 g/mol. The fourth-order valence-corrected chi connectivity index (χ4v) is 3.77. The number of benzene rings is 1. The number of hydrogen-bond acceptors (Lipinski definition) is 7. The minimum absolute atomic E-state index is 0.0134. The molecule has 0 saturated carbocycles. The van der Waals surface area contributed by atoms with E-state index in [9.17, 15) is 13.2 Å². The van der Waals surface area contributed by atoms with Crippen molar-refractivity contribution in [3.8, 4) is 5.88 Å². The lowest BCUT2D eigenvalue weighted by molar-refractivity contribution is -0.192. The third-order valence-electron chi connectivity index (χ3n) is 4.17. The molecule has 11 heteroatoms. The van der Waals surface area contributed by atoms with Gasteiger partial charge in [0.05, 0.1) is 7.11 Å². The van der Waals surface area contributed by atoms with Crippen LogP contribution in [0.1, 0.15) is 17.2 Å². The number of thiazole rings is 1. The highest BCUT2D eigenvalue weighted by molar-refractivity contribution is 7.21. The monoisotopic (exact) mass is 426 g/mol. The van der Waals surface area contributed by atoms with Crippen LogP contribution in [0.15, 0.2) is 36.4 Å². The Bertz CT molecular complexity index is 1020. The van der Waals surface area contributed by atoms with E-state index in [1.165, 1.54) is 11.1 Å². The Balaban J connectivity index is 0.000000298. The van der Waals surface area contributed by atoms with Crippen molar-refractivity contribution in [3.05, 3.63) is 47.5 Å². The summed E-state index contributed by atoms with van der Waals surface area (Å²) in [6.07, 6.45) is -5.08. The van der Waals surface area contributed by atoms with Crippen molar-refractivity contribution in [3.63, 3.8) is 0 Å². The fraction of sp³-hybridized carbons (Fsp3) is 0.278. The molecule has 0 saturated heterocycles. The van der Waals surface area contributed by atoms with Crippen molar-refractivity contribution in [2.45, 2.75) is 18.8 Å². The number of hydrogen-bond donors (Lipinski definition) is 2. The molecule has 0 spiro atoms. The summed E-state index contributed by atoms with van der Waals surface area (Å²) in [5.41, 5.74) is 9.72. The molecule has 29 heavy (non-hydrogen) atoms. The number of aliphatic carboxylic acids is 1. The smallest absolute Gasteiger partial charge is 0.481 e.